The van der Waals surface area contributed by atoms with Crippen molar-refractivity contribution in [1.82, 2.24) is 15.3 Å². The van der Waals surface area contributed by atoms with Gasteiger partial charge in [0.15, 0.2) is 0 Å². The molecule has 0 bridgehead atoms. The van der Waals surface area contributed by atoms with Gasteiger partial charge in [0.2, 0.25) is 0 Å². The molecule has 1 aliphatic rings. The van der Waals surface area contributed by atoms with Gasteiger partial charge in [-0.25, -0.2) is 0 Å². The maximum absolute atomic E-state index is 12.4. The Morgan fingerprint density at radius 2 is 2.26 bits per heavy atom. The van der Waals surface area contributed by atoms with E-state index in [2.05, 4.69) is 28.3 Å². The van der Waals surface area contributed by atoms with Gasteiger partial charge < -0.3 is 10.3 Å². The molecule has 2 N–H and O–H groups in total. The van der Waals surface area contributed by atoms with Crippen LogP contribution < -0.4 is 10.9 Å². The van der Waals surface area contributed by atoms with Crippen LogP contribution in [-0.2, 0) is 6.54 Å². The quantitative estimate of drug-likeness (QED) is 0.913. The first-order valence-electron chi connectivity index (χ1n) is 7.98. The van der Waals surface area contributed by atoms with Crippen LogP contribution in [0.4, 0.5) is 0 Å². The number of nitriles is 1. The van der Waals surface area contributed by atoms with Crippen LogP contribution in [0, 0.1) is 18.3 Å². The first kappa shape index (κ1) is 15.4. The summed E-state index contributed by atoms with van der Waals surface area (Å²) in [4.78, 5) is 19.7. The first-order chi connectivity index (χ1) is 11.2. The first-order valence-corrected chi connectivity index (χ1v) is 7.98. The molecule has 3 rings (SSSR count). The number of hydrogen-bond acceptors (Lipinski definition) is 4. The zero-order valence-electron chi connectivity index (χ0n) is 13.4. The van der Waals surface area contributed by atoms with Gasteiger partial charge in [0.05, 0.1) is 0 Å². The molecular formula is C18H20N4O. The molecule has 1 aliphatic heterocycles. The molecule has 1 atom stereocenters. The molecular weight excluding hydrogens is 288 g/mol. The lowest BCUT2D eigenvalue weighted by molar-refractivity contribution is 0.496. The van der Waals surface area contributed by atoms with Crippen molar-refractivity contribution >= 4 is 0 Å². The van der Waals surface area contributed by atoms with E-state index in [9.17, 15) is 10.1 Å². The molecule has 2 aromatic heterocycles. The number of aryl methyl sites for hydroxylation is 1. The topological polar surface area (TPSA) is 81.6 Å². The lowest BCUT2D eigenvalue weighted by Crippen LogP contribution is -2.32. The molecule has 5 heteroatoms. The van der Waals surface area contributed by atoms with Crippen LogP contribution in [0.1, 0.15) is 48.2 Å². The normalized spacial score (nSPS) is 16.7. The summed E-state index contributed by atoms with van der Waals surface area (Å²) in [6.07, 6.45) is 3.80. The van der Waals surface area contributed by atoms with Crippen molar-refractivity contribution in [3.05, 3.63) is 51.2 Å². The average Bonchev–Trinajstić information content (AvgIpc) is 2.55. The Hall–Kier alpha value is -2.45. The van der Waals surface area contributed by atoms with Crippen LogP contribution >= 0.6 is 0 Å². The maximum atomic E-state index is 12.4. The molecule has 0 aromatic carbocycles. The van der Waals surface area contributed by atoms with Gasteiger partial charge in [-0.05, 0) is 25.0 Å². The number of pyridine rings is 2. The fourth-order valence-corrected chi connectivity index (χ4v) is 3.30. The van der Waals surface area contributed by atoms with Gasteiger partial charge >= 0.3 is 0 Å². The van der Waals surface area contributed by atoms with Gasteiger partial charge in [0.25, 0.3) is 5.56 Å². The van der Waals surface area contributed by atoms with Crippen molar-refractivity contribution < 1.29 is 0 Å². The van der Waals surface area contributed by atoms with Crippen LogP contribution in [0.3, 0.4) is 0 Å². The minimum atomic E-state index is -0.301. The second-order valence-corrected chi connectivity index (χ2v) is 6.01. The molecule has 0 fully saturated rings. The van der Waals surface area contributed by atoms with E-state index in [1.54, 1.807) is 6.20 Å². The third kappa shape index (κ3) is 2.78. The van der Waals surface area contributed by atoms with Crippen LogP contribution in [0.2, 0.25) is 0 Å². The molecule has 1 unspecified atom stereocenters. The highest BCUT2D eigenvalue weighted by molar-refractivity contribution is 5.74. The number of rotatable bonds is 3. The van der Waals surface area contributed by atoms with E-state index in [4.69, 9.17) is 0 Å². The van der Waals surface area contributed by atoms with Crippen molar-refractivity contribution in [2.75, 3.05) is 6.54 Å². The van der Waals surface area contributed by atoms with Gasteiger partial charge in [-0.2, -0.15) is 5.26 Å². The predicted octanol–water partition coefficient (Wildman–Crippen LogP) is 2.60. The predicted molar refractivity (Wildman–Crippen MR) is 89.1 cm³/mol. The lowest BCUT2D eigenvalue weighted by Gasteiger charge is -2.28. The van der Waals surface area contributed by atoms with Crippen LogP contribution in [0.5, 0.6) is 0 Å². The fraction of sp³-hybridized carbons (Fsp3) is 0.389. The monoisotopic (exact) mass is 308 g/mol. The van der Waals surface area contributed by atoms with E-state index in [1.807, 2.05) is 19.1 Å². The van der Waals surface area contributed by atoms with Crippen LogP contribution in [0.25, 0.3) is 11.1 Å². The Bertz CT molecular complexity index is 815. The summed E-state index contributed by atoms with van der Waals surface area (Å²) < 4.78 is 0. The Balaban J connectivity index is 2.27. The molecule has 0 amide bonds. The number of H-pyrrole nitrogens is 1. The molecule has 0 spiro atoms. The Morgan fingerprint density at radius 3 is 2.91 bits per heavy atom. The number of aromatic nitrogens is 2. The second kappa shape index (κ2) is 6.35. The number of aromatic amines is 1. The Morgan fingerprint density at radius 1 is 1.43 bits per heavy atom. The summed E-state index contributed by atoms with van der Waals surface area (Å²) >= 11 is 0. The zero-order chi connectivity index (χ0) is 16.4. The minimum absolute atomic E-state index is 0.174. The lowest BCUT2D eigenvalue weighted by atomic mass is 9.86. The molecule has 0 aliphatic carbocycles. The van der Waals surface area contributed by atoms with Crippen molar-refractivity contribution in [3.8, 4) is 17.2 Å². The van der Waals surface area contributed by atoms with E-state index < -0.39 is 0 Å². The van der Waals surface area contributed by atoms with Gasteiger partial charge in [0, 0.05) is 47.7 Å². The molecule has 5 nitrogen and oxygen atoms in total. The number of nitrogens with one attached hydrogen (secondary N) is 2. The maximum Gasteiger partial charge on any atom is 0.266 e. The highest BCUT2D eigenvalue weighted by Crippen LogP contribution is 2.33. The van der Waals surface area contributed by atoms with E-state index in [1.165, 1.54) is 0 Å². The summed E-state index contributed by atoms with van der Waals surface area (Å²) in [7, 11) is 0. The smallest absolute Gasteiger partial charge is 0.266 e. The van der Waals surface area contributed by atoms with Crippen molar-refractivity contribution in [2.45, 2.75) is 39.2 Å². The third-order valence-electron chi connectivity index (χ3n) is 4.40. The van der Waals surface area contributed by atoms with Crippen molar-refractivity contribution in [1.29, 1.82) is 5.26 Å². The van der Waals surface area contributed by atoms with Crippen LogP contribution in [0.15, 0.2) is 23.1 Å². The largest absolute Gasteiger partial charge is 0.324 e. The number of nitrogens with zero attached hydrogens (tertiary/aromatic N) is 2. The second-order valence-electron chi connectivity index (χ2n) is 6.01. The molecule has 0 saturated heterocycles. The van der Waals surface area contributed by atoms with Gasteiger partial charge in [-0.15, -0.1) is 0 Å². The Kier molecular flexibility index (Phi) is 4.26. The average molecular weight is 308 g/mol. The van der Waals surface area contributed by atoms with E-state index in [-0.39, 0.29) is 17.0 Å². The van der Waals surface area contributed by atoms with E-state index in [0.29, 0.717) is 6.54 Å². The van der Waals surface area contributed by atoms with E-state index in [0.717, 1.165) is 47.5 Å². The zero-order valence-corrected chi connectivity index (χ0v) is 13.4. The molecule has 3 heterocycles. The van der Waals surface area contributed by atoms with Crippen molar-refractivity contribution in [3.63, 3.8) is 0 Å². The van der Waals surface area contributed by atoms with Crippen molar-refractivity contribution in [2.24, 2.45) is 0 Å². The summed E-state index contributed by atoms with van der Waals surface area (Å²) in [5.41, 5.74) is 4.34. The SMILES string of the molecule is CCCC1CNCc2c1[nH]c(=O)c(C#N)c2-c1ccc(C)nc1. The molecule has 23 heavy (non-hydrogen) atoms. The van der Waals surface area contributed by atoms with E-state index >= 15 is 0 Å². The molecule has 0 saturated carbocycles. The summed E-state index contributed by atoms with van der Waals surface area (Å²) in [6.45, 7) is 5.57. The fourth-order valence-electron chi connectivity index (χ4n) is 3.30. The number of fused-ring (bicyclic) bond motifs is 1. The highest BCUT2D eigenvalue weighted by Gasteiger charge is 2.26. The standard InChI is InChI=1S/C18H20N4O/c1-3-4-13-8-20-10-15-16(12-6-5-11(2)21-9-12)14(7-19)18(23)22-17(13)15/h5-6,9,13,20H,3-4,8,10H2,1-2H3,(H,22,23). The highest BCUT2D eigenvalue weighted by atomic mass is 16.1. The molecule has 2 aromatic rings. The minimum Gasteiger partial charge on any atom is -0.324 e. The van der Waals surface area contributed by atoms with Gasteiger partial charge in [0.1, 0.15) is 11.6 Å². The van der Waals surface area contributed by atoms with Gasteiger partial charge in [-0.3, -0.25) is 9.78 Å². The third-order valence-corrected chi connectivity index (χ3v) is 4.40. The Labute approximate surface area is 135 Å². The van der Waals surface area contributed by atoms with Crippen LogP contribution in [-0.4, -0.2) is 16.5 Å². The van der Waals surface area contributed by atoms with Gasteiger partial charge in [-0.1, -0.05) is 19.4 Å². The molecule has 118 valence electrons. The molecule has 0 radical (unpaired) electrons. The summed E-state index contributed by atoms with van der Waals surface area (Å²) in [5, 5.41) is 12.9. The number of hydrogen-bond donors (Lipinski definition) is 2. The summed E-state index contributed by atoms with van der Waals surface area (Å²) in [6, 6.07) is 5.91. The summed E-state index contributed by atoms with van der Waals surface area (Å²) in [5.74, 6) is 0.279.